The average Bonchev–Trinajstić information content (AvgIpc) is 3.21. The van der Waals surface area contributed by atoms with Crippen molar-refractivity contribution in [2.24, 2.45) is 16.6 Å². The standard InChI is InChI=1S/C30H48BN7O7/c1-21(2)20-25(31(3)43)35-27(40)24(16-13-18-33-30(32)36-38(44)45)34-26(39)17-9-7-5-4-6-8-12-19-37-28(41)22-14-10-11-15-23(22)29(37)42/h10-11,14-15,21,24-25,43H,4-9,12-13,16-20H2,1-3H3,(H,34,39)(H,35,40)(H3,32,33,36)/t24-,25-/m0/s1. The van der Waals surface area contributed by atoms with Crippen LogP contribution in [0.25, 0.3) is 0 Å². The topological polar surface area (TPSA) is 209 Å². The van der Waals surface area contributed by atoms with Crippen LogP contribution in [0.1, 0.15) is 105 Å². The van der Waals surface area contributed by atoms with E-state index in [0.29, 0.717) is 36.9 Å². The molecule has 0 saturated heterocycles. The third-order valence-corrected chi connectivity index (χ3v) is 7.59. The number of nitro groups is 1. The van der Waals surface area contributed by atoms with Gasteiger partial charge in [-0.3, -0.25) is 24.1 Å². The Morgan fingerprint density at radius 3 is 2.13 bits per heavy atom. The third kappa shape index (κ3) is 13.3. The highest BCUT2D eigenvalue weighted by molar-refractivity contribution is 6.51. The van der Waals surface area contributed by atoms with Crippen LogP contribution in [0.4, 0.5) is 0 Å². The Balaban J connectivity index is 1.71. The lowest BCUT2D eigenvalue weighted by molar-refractivity contribution is -0.525. The Morgan fingerprint density at radius 1 is 1.00 bits per heavy atom. The quantitative estimate of drug-likeness (QED) is 0.0257. The Bertz CT molecular complexity index is 1160. The first-order valence-electron chi connectivity index (χ1n) is 15.8. The van der Waals surface area contributed by atoms with Crippen LogP contribution in [-0.2, 0) is 9.59 Å². The number of aliphatic imine (C=N–C) groups is 1. The molecule has 2 atom stereocenters. The van der Waals surface area contributed by atoms with E-state index in [-0.39, 0.29) is 49.0 Å². The SMILES string of the molecule is CB(O)[C@H](CC(C)C)NC(=O)[C@H](CCCN=C(N)N[N+](=O)[O-])NC(=O)CCCCCCCCCN1C(=O)c2ccccc2C1=O. The van der Waals surface area contributed by atoms with E-state index in [2.05, 4.69) is 15.6 Å². The minimum Gasteiger partial charge on any atom is -0.449 e. The molecule has 1 aliphatic rings. The first-order valence-corrected chi connectivity index (χ1v) is 15.8. The number of hydrogen-bond acceptors (Lipinski definition) is 8. The maximum Gasteiger partial charge on any atom is 0.308 e. The predicted octanol–water partition coefficient (Wildman–Crippen LogP) is 2.45. The first-order chi connectivity index (χ1) is 21.4. The predicted molar refractivity (Wildman–Crippen MR) is 172 cm³/mol. The Kier molecular flexibility index (Phi) is 16.0. The van der Waals surface area contributed by atoms with E-state index in [1.54, 1.807) is 36.5 Å². The van der Waals surface area contributed by atoms with Crippen molar-refractivity contribution in [3.8, 4) is 0 Å². The molecule has 0 bridgehead atoms. The second-order valence-electron chi connectivity index (χ2n) is 11.9. The van der Waals surface area contributed by atoms with Gasteiger partial charge in [0.2, 0.25) is 11.8 Å². The molecule has 248 valence electrons. The fraction of sp³-hybridized carbons (Fsp3) is 0.633. The van der Waals surface area contributed by atoms with Gasteiger partial charge in [0.15, 0.2) is 5.03 Å². The number of unbranched alkanes of at least 4 members (excludes halogenated alkanes) is 6. The van der Waals surface area contributed by atoms with Crippen molar-refractivity contribution in [1.82, 2.24) is 21.0 Å². The lowest BCUT2D eigenvalue weighted by Gasteiger charge is -2.25. The van der Waals surface area contributed by atoms with Gasteiger partial charge >= 0.3 is 6.92 Å². The zero-order valence-corrected chi connectivity index (χ0v) is 26.6. The maximum absolute atomic E-state index is 13.1. The summed E-state index contributed by atoms with van der Waals surface area (Å²) in [5.41, 5.74) is 8.13. The van der Waals surface area contributed by atoms with Crippen molar-refractivity contribution in [2.75, 3.05) is 13.1 Å². The molecule has 1 aromatic carbocycles. The summed E-state index contributed by atoms with van der Waals surface area (Å²) >= 11 is 0. The van der Waals surface area contributed by atoms with Crippen LogP contribution in [0, 0.1) is 16.0 Å². The summed E-state index contributed by atoms with van der Waals surface area (Å²) in [6.07, 6.45) is 7.42. The third-order valence-electron chi connectivity index (χ3n) is 7.59. The van der Waals surface area contributed by atoms with Crippen molar-refractivity contribution in [2.45, 2.75) is 103 Å². The highest BCUT2D eigenvalue weighted by Crippen LogP contribution is 2.23. The van der Waals surface area contributed by atoms with Crippen LogP contribution in [0.3, 0.4) is 0 Å². The van der Waals surface area contributed by atoms with Gasteiger partial charge in [-0.15, -0.1) is 0 Å². The molecule has 1 aliphatic heterocycles. The van der Waals surface area contributed by atoms with Crippen LogP contribution < -0.4 is 21.8 Å². The molecule has 14 nitrogen and oxygen atoms in total. The zero-order chi connectivity index (χ0) is 33.4. The second-order valence-corrected chi connectivity index (χ2v) is 11.9. The summed E-state index contributed by atoms with van der Waals surface area (Å²) in [5, 5.41) is 25.4. The Labute approximate surface area is 265 Å². The van der Waals surface area contributed by atoms with Crippen molar-refractivity contribution in [3.63, 3.8) is 0 Å². The van der Waals surface area contributed by atoms with Gasteiger partial charge in [0.05, 0.1) is 11.1 Å². The van der Waals surface area contributed by atoms with Crippen molar-refractivity contribution in [3.05, 3.63) is 45.5 Å². The fourth-order valence-electron chi connectivity index (χ4n) is 5.21. The highest BCUT2D eigenvalue weighted by Gasteiger charge is 2.34. The van der Waals surface area contributed by atoms with E-state index >= 15 is 0 Å². The highest BCUT2D eigenvalue weighted by atomic mass is 16.7. The van der Waals surface area contributed by atoms with Gasteiger partial charge in [0.1, 0.15) is 6.04 Å². The largest absolute Gasteiger partial charge is 0.449 e. The fourth-order valence-corrected chi connectivity index (χ4v) is 5.21. The number of carbonyl (C=O) groups is 4. The summed E-state index contributed by atoms with van der Waals surface area (Å²) in [6.45, 7) is 5.34. The molecule has 1 heterocycles. The number of amides is 4. The van der Waals surface area contributed by atoms with Crippen LogP contribution in [0.2, 0.25) is 6.82 Å². The van der Waals surface area contributed by atoms with Gasteiger partial charge in [-0.05, 0) is 50.2 Å². The molecule has 0 saturated carbocycles. The van der Waals surface area contributed by atoms with Gasteiger partial charge < -0.3 is 21.4 Å². The number of rotatable bonds is 21. The smallest absolute Gasteiger partial charge is 0.308 e. The second kappa shape index (κ2) is 19.4. The normalized spacial score (nSPS) is 14.2. The van der Waals surface area contributed by atoms with Gasteiger partial charge in [-0.25, -0.2) is 15.1 Å². The summed E-state index contributed by atoms with van der Waals surface area (Å²) < 4.78 is 0. The molecule has 15 heteroatoms. The van der Waals surface area contributed by atoms with E-state index in [1.165, 1.54) is 4.90 Å². The molecule has 4 amide bonds. The van der Waals surface area contributed by atoms with E-state index in [9.17, 15) is 34.3 Å². The molecule has 6 N–H and O–H groups in total. The molecule has 0 aliphatic carbocycles. The monoisotopic (exact) mass is 629 g/mol. The van der Waals surface area contributed by atoms with Crippen LogP contribution in [0.5, 0.6) is 0 Å². The molecule has 2 rings (SSSR count). The number of carbonyl (C=O) groups excluding carboxylic acids is 4. The first kappa shape index (κ1) is 37.2. The molecule has 0 fully saturated rings. The van der Waals surface area contributed by atoms with E-state index in [0.717, 1.165) is 38.5 Å². The number of nitrogens with one attached hydrogen (secondary N) is 3. The number of hydrogen-bond donors (Lipinski definition) is 5. The minimum atomic E-state index is -0.854. The van der Waals surface area contributed by atoms with E-state index < -0.39 is 29.8 Å². The molecule has 0 radical (unpaired) electrons. The zero-order valence-electron chi connectivity index (χ0n) is 26.6. The number of guanidine groups is 1. The molecule has 0 unspecified atom stereocenters. The maximum atomic E-state index is 13.1. The van der Waals surface area contributed by atoms with Crippen LogP contribution in [-0.4, -0.2) is 76.5 Å². The number of nitrogens with zero attached hydrogens (tertiary/aromatic N) is 3. The molecule has 45 heavy (non-hydrogen) atoms. The van der Waals surface area contributed by atoms with Gasteiger partial charge in [-0.2, -0.15) is 0 Å². The molecular formula is C30H48BN7O7. The van der Waals surface area contributed by atoms with Gasteiger partial charge in [-0.1, -0.05) is 70.3 Å². The molecule has 0 spiro atoms. The lowest BCUT2D eigenvalue weighted by Crippen LogP contribution is -2.53. The number of nitrogens with two attached hydrogens (primary N) is 1. The van der Waals surface area contributed by atoms with Gasteiger partial charge in [0, 0.05) is 25.5 Å². The summed E-state index contributed by atoms with van der Waals surface area (Å²) in [7, 11) is 0. The number of fused-ring (bicyclic) bond motifs is 1. The number of imide groups is 1. The lowest BCUT2D eigenvalue weighted by atomic mass is 9.61. The van der Waals surface area contributed by atoms with Crippen molar-refractivity contribution < 1.29 is 29.2 Å². The summed E-state index contributed by atoms with van der Waals surface area (Å²) in [6, 6.07) is 6.02. The summed E-state index contributed by atoms with van der Waals surface area (Å²) in [4.78, 5) is 66.4. The minimum absolute atomic E-state index is 0.121. The number of hydrazine groups is 1. The molecular weight excluding hydrogens is 581 g/mol. The van der Waals surface area contributed by atoms with Crippen LogP contribution in [0.15, 0.2) is 29.3 Å². The molecule has 1 aromatic rings. The van der Waals surface area contributed by atoms with E-state index in [1.807, 2.05) is 13.8 Å². The Morgan fingerprint density at radius 2 is 1.58 bits per heavy atom. The summed E-state index contributed by atoms with van der Waals surface area (Å²) in [5.74, 6) is -1.70. The van der Waals surface area contributed by atoms with Gasteiger partial charge in [0.25, 0.3) is 17.8 Å². The average molecular weight is 630 g/mol. The number of benzene rings is 1. The van der Waals surface area contributed by atoms with E-state index in [4.69, 9.17) is 5.73 Å². The Hall–Kier alpha value is -4.01. The van der Waals surface area contributed by atoms with Crippen molar-refractivity contribution >= 4 is 36.5 Å². The molecule has 0 aromatic heterocycles. The van der Waals surface area contributed by atoms with Crippen molar-refractivity contribution in [1.29, 1.82) is 0 Å². The van der Waals surface area contributed by atoms with Crippen LogP contribution >= 0.6 is 0 Å².